The average molecular weight is 268 g/mol. The summed E-state index contributed by atoms with van der Waals surface area (Å²) >= 11 is 1.32. The Balaban J connectivity index is 2.24. The summed E-state index contributed by atoms with van der Waals surface area (Å²) in [6.45, 7) is 8.47. The van der Waals surface area contributed by atoms with Gasteiger partial charge in [-0.3, -0.25) is 0 Å². The Bertz CT molecular complexity index is 454. The molecular weight excluding hydrogens is 248 g/mol. The third kappa shape index (κ3) is 2.66. The van der Waals surface area contributed by atoms with Crippen LogP contribution in [-0.2, 0) is 6.42 Å². The second-order valence-electron chi connectivity index (χ2n) is 5.66. The van der Waals surface area contributed by atoms with Gasteiger partial charge in [-0.2, -0.15) is 0 Å². The highest BCUT2D eigenvalue weighted by atomic mass is 32.1. The molecule has 1 aliphatic heterocycles. The Morgan fingerprint density at radius 3 is 2.78 bits per heavy atom. The monoisotopic (exact) mass is 268 g/mol. The molecule has 1 saturated heterocycles. The number of thiazole rings is 1. The van der Waals surface area contributed by atoms with Gasteiger partial charge < -0.3 is 10.0 Å². The molecule has 0 saturated carbocycles. The molecule has 1 aliphatic rings. The van der Waals surface area contributed by atoms with Gasteiger partial charge in [0.15, 0.2) is 5.13 Å². The third-order valence-corrected chi connectivity index (χ3v) is 4.46. The van der Waals surface area contributed by atoms with Gasteiger partial charge >= 0.3 is 5.97 Å². The largest absolute Gasteiger partial charge is 0.477 e. The van der Waals surface area contributed by atoms with E-state index >= 15 is 0 Å². The second kappa shape index (κ2) is 4.88. The van der Waals surface area contributed by atoms with Crippen molar-refractivity contribution in [1.82, 2.24) is 4.98 Å². The molecule has 1 N–H and O–H groups in total. The van der Waals surface area contributed by atoms with E-state index in [0.29, 0.717) is 10.3 Å². The molecule has 0 spiro atoms. The van der Waals surface area contributed by atoms with E-state index in [1.54, 1.807) is 0 Å². The molecule has 1 fully saturated rings. The van der Waals surface area contributed by atoms with Gasteiger partial charge in [-0.1, -0.05) is 38.5 Å². The van der Waals surface area contributed by atoms with Crippen molar-refractivity contribution in [3.63, 3.8) is 0 Å². The molecule has 0 aliphatic carbocycles. The molecule has 0 amide bonds. The Morgan fingerprint density at radius 1 is 1.56 bits per heavy atom. The summed E-state index contributed by atoms with van der Waals surface area (Å²) in [5.74, 6) is -0.847. The fraction of sp³-hybridized carbons (Fsp3) is 0.692. The standard InChI is InChI=1S/C13H20N2O2S/c1-4-5-9-10(11(16)17)18-12(14-9)15-7-6-13(2,3)8-15/h4-8H2,1-3H3,(H,16,17). The molecule has 0 aromatic carbocycles. The second-order valence-corrected chi connectivity index (χ2v) is 6.64. The molecule has 4 nitrogen and oxygen atoms in total. The minimum absolute atomic E-state index is 0.306. The van der Waals surface area contributed by atoms with Crippen LogP contribution >= 0.6 is 11.3 Å². The number of carboxylic acids is 1. The number of aryl methyl sites for hydroxylation is 1. The highest BCUT2D eigenvalue weighted by Crippen LogP contribution is 2.35. The Kier molecular flexibility index (Phi) is 3.61. The summed E-state index contributed by atoms with van der Waals surface area (Å²) in [6, 6.07) is 0. The summed E-state index contributed by atoms with van der Waals surface area (Å²) in [5.41, 5.74) is 1.05. The third-order valence-electron chi connectivity index (χ3n) is 3.32. The van der Waals surface area contributed by atoms with Gasteiger partial charge in [-0.25, -0.2) is 9.78 Å². The fourth-order valence-electron chi connectivity index (χ4n) is 2.32. The molecule has 1 aromatic heterocycles. The first-order chi connectivity index (χ1) is 8.43. The first-order valence-corrected chi connectivity index (χ1v) is 7.22. The van der Waals surface area contributed by atoms with E-state index in [2.05, 4.69) is 23.7 Å². The Hall–Kier alpha value is -1.10. The lowest BCUT2D eigenvalue weighted by atomic mass is 9.93. The van der Waals surface area contributed by atoms with Crippen molar-refractivity contribution in [3.05, 3.63) is 10.6 Å². The zero-order chi connectivity index (χ0) is 13.3. The maximum atomic E-state index is 11.2. The molecule has 18 heavy (non-hydrogen) atoms. The average Bonchev–Trinajstić information content (AvgIpc) is 2.82. The molecule has 0 atom stereocenters. The highest BCUT2D eigenvalue weighted by molar-refractivity contribution is 7.17. The normalized spacial score (nSPS) is 18.3. The fourth-order valence-corrected chi connectivity index (χ4v) is 3.30. The summed E-state index contributed by atoms with van der Waals surface area (Å²) in [7, 11) is 0. The smallest absolute Gasteiger partial charge is 0.347 e. The first kappa shape index (κ1) is 13.3. The van der Waals surface area contributed by atoms with Crippen molar-refractivity contribution in [1.29, 1.82) is 0 Å². The van der Waals surface area contributed by atoms with Crippen molar-refractivity contribution < 1.29 is 9.90 Å². The van der Waals surface area contributed by atoms with E-state index in [9.17, 15) is 9.90 Å². The van der Waals surface area contributed by atoms with Gasteiger partial charge in [0.1, 0.15) is 4.88 Å². The van der Waals surface area contributed by atoms with Gasteiger partial charge in [0.25, 0.3) is 0 Å². The van der Waals surface area contributed by atoms with Crippen molar-refractivity contribution >= 4 is 22.4 Å². The van der Waals surface area contributed by atoms with E-state index in [4.69, 9.17) is 0 Å². The summed E-state index contributed by atoms with van der Waals surface area (Å²) in [4.78, 5) is 18.4. The van der Waals surface area contributed by atoms with E-state index in [1.165, 1.54) is 11.3 Å². The molecule has 0 radical (unpaired) electrons. The summed E-state index contributed by atoms with van der Waals surface area (Å²) in [6.07, 6.45) is 2.81. The topological polar surface area (TPSA) is 53.4 Å². The maximum Gasteiger partial charge on any atom is 0.347 e. The van der Waals surface area contributed by atoms with Crippen LogP contribution in [-0.4, -0.2) is 29.1 Å². The van der Waals surface area contributed by atoms with Gasteiger partial charge in [0, 0.05) is 13.1 Å². The quantitative estimate of drug-likeness (QED) is 0.912. The summed E-state index contributed by atoms with van der Waals surface area (Å²) < 4.78 is 0. The number of carboxylic acid groups (broad SMARTS) is 1. The van der Waals surface area contributed by atoms with Crippen LogP contribution < -0.4 is 4.90 Å². The Morgan fingerprint density at radius 2 is 2.28 bits per heavy atom. The highest BCUT2D eigenvalue weighted by Gasteiger charge is 2.31. The van der Waals surface area contributed by atoms with Crippen LogP contribution in [0, 0.1) is 5.41 Å². The number of aromatic carboxylic acids is 1. The molecule has 2 heterocycles. The molecule has 0 bridgehead atoms. The van der Waals surface area contributed by atoms with Crippen LogP contribution in [0.15, 0.2) is 0 Å². The number of rotatable bonds is 4. The number of aromatic nitrogens is 1. The lowest BCUT2D eigenvalue weighted by Gasteiger charge is -2.18. The van der Waals surface area contributed by atoms with Crippen LogP contribution in [0.25, 0.3) is 0 Å². The van der Waals surface area contributed by atoms with Crippen LogP contribution in [0.5, 0.6) is 0 Å². The molecule has 5 heteroatoms. The minimum Gasteiger partial charge on any atom is -0.477 e. The van der Waals surface area contributed by atoms with Crippen LogP contribution in [0.1, 0.15) is 49.0 Å². The maximum absolute atomic E-state index is 11.2. The lowest BCUT2D eigenvalue weighted by molar-refractivity contribution is 0.0700. The number of carbonyl (C=O) groups is 1. The lowest BCUT2D eigenvalue weighted by Crippen LogP contribution is -2.22. The van der Waals surface area contributed by atoms with E-state index in [0.717, 1.165) is 43.2 Å². The molecular formula is C13H20N2O2S. The van der Waals surface area contributed by atoms with Gasteiger partial charge in [-0.15, -0.1) is 0 Å². The number of anilines is 1. The van der Waals surface area contributed by atoms with Crippen molar-refractivity contribution in [2.45, 2.75) is 40.0 Å². The molecule has 2 rings (SSSR count). The molecule has 0 unspecified atom stereocenters. The van der Waals surface area contributed by atoms with Gasteiger partial charge in [-0.05, 0) is 18.3 Å². The van der Waals surface area contributed by atoms with E-state index in [1.807, 2.05) is 6.92 Å². The van der Waals surface area contributed by atoms with Gasteiger partial charge in [0.05, 0.1) is 5.69 Å². The van der Waals surface area contributed by atoms with Crippen molar-refractivity contribution in [3.8, 4) is 0 Å². The van der Waals surface area contributed by atoms with Crippen molar-refractivity contribution in [2.24, 2.45) is 5.41 Å². The van der Waals surface area contributed by atoms with Crippen LogP contribution in [0.4, 0.5) is 5.13 Å². The Labute approximate surface area is 112 Å². The summed E-state index contributed by atoms with van der Waals surface area (Å²) in [5, 5.41) is 10.1. The SMILES string of the molecule is CCCc1nc(N2CCC(C)(C)C2)sc1C(=O)O. The van der Waals surface area contributed by atoms with E-state index in [-0.39, 0.29) is 0 Å². The van der Waals surface area contributed by atoms with Crippen LogP contribution in [0.2, 0.25) is 0 Å². The van der Waals surface area contributed by atoms with Crippen LogP contribution in [0.3, 0.4) is 0 Å². The minimum atomic E-state index is -0.847. The van der Waals surface area contributed by atoms with E-state index < -0.39 is 5.97 Å². The zero-order valence-electron chi connectivity index (χ0n) is 11.2. The number of hydrogen-bond donors (Lipinski definition) is 1. The predicted molar refractivity (Wildman–Crippen MR) is 73.7 cm³/mol. The predicted octanol–water partition coefficient (Wildman–Crippen LogP) is 3.03. The van der Waals surface area contributed by atoms with Crippen molar-refractivity contribution in [2.75, 3.05) is 18.0 Å². The molecule has 1 aromatic rings. The number of hydrogen-bond acceptors (Lipinski definition) is 4. The first-order valence-electron chi connectivity index (χ1n) is 6.41. The molecule has 100 valence electrons. The van der Waals surface area contributed by atoms with Gasteiger partial charge in [0.2, 0.25) is 0 Å². The zero-order valence-corrected chi connectivity index (χ0v) is 12.0. The number of nitrogens with zero attached hydrogens (tertiary/aromatic N) is 2.